The van der Waals surface area contributed by atoms with Gasteiger partial charge < -0.3 is 9.73 Å². The third-order valence-electron chi connectivity index (χ3n) is 3.99. The van der Waals surface area contributed by atoms with Crippen LogP contribution in [0, 0.1) is 18.3 Å². The highest BCUT2D eigenvalue weighted by Crippen LogP contribution is 2.15. The van der Waals surface area contributed by atoms with Crippen molar-refractivity contribution in [1.29, 1.82) is 5.26 Å². The SMILES string of the molecule is Cc1c(NC(=O)/C(C#N)=C\c2ccco2)c(=O)n(-c2ccccc2)n1C. The van der Waals surface area contributed by atoms with Gasteiger partial charge in [-0.05, 0) is 31.2 Å². The molecule has 1 aromatic carbocycles. The molecule has 1 N–H and O–H groups in total. The quantitative estimate of drug-likeness (QED) is 0.579. The number of nitriles is 1. The van der Waals surface area contributed by atoms with Crippen molar-refractivity contribution in [2.24, 2.45) is 7.05 Å². The number of hydrogen-bond donors (Lipinski definition) is 1. The Hall–Kier alpha value is -3.79. The van der Waals surface area contributed by atoms with E-state index in [1.165, 1.54) is 17.0 Å². The second kappa shape index (κ2) is 6.99. The summed E-state index contributed by atoms with van der Waals surface area (Å²) in [5.41, 5.74) is 0.841. The van der Waals surface area contributed by atoms with Crippen molar-refractivity contribution in [3.63, 3.8) is 0 Å². The number of benzene rings is 1. The fourth-order valence-electron chi connectivity index (χ4n) is 2.56. The van der Waals surface area contributed by atoms with E-state index in [0.29, 0.717) is 17.1 Å². The predicted octanol–water partition coefficient (Wildman–Crippen LogP) is 2.62. The average Bonchev–Trinajstić information content (AvgIpc) is 3.23. The number of carbonyl (C=O) groups is 1. The molecule has 0 spiro atoms. The van der Waals surface area contributed by atoms with Gasteiger partial charge >= 0.3 is 0 Å². The zero-order valence-corrected chi connectivity index (χ0v) is 14.3. The monoisotopic (exact) mass is 348 g/mol. The van der Waals surface area contributed by atoms with Crippen molar-refractivity contribution in [3.8, 4) is 11.8 Å². The first-order valence-electron chi connectivity index (χ1n) is 7.83. The first-order chi connectivity index (χ1) is 12.5. The van der Waals surface area contributed by atoms with E-state index in [1.54, 1.807) is 42.9 Å². The van der Waals surface area contributed by atoms with Crippen LogP contribution < -0.4 is 10.9 Å². The number of nitrogens with zero attached hydrogens (tertiary/aromatic N) is 3. The fourth-order valence-corrected chi connectivity index (χ4v) is 2.56. The molecule has 7 nitrogen and oxygen atoms in total. The zero-order chi connectivity index (χ0) is 18.7. The number of hydrogen-bond acceptors (Lipinski definition) is 4. The maximum absolute atomic E-state index is 12.8. The summed E-state index contributed by atoms with van der Waals surface area (Å²) < 4.78 is 8.22. The lowest BCUT2D eigenvalue weighted by atomic mass is 10.2. The topological polar surface area (TPSA) is 93.0 Å². The van der Waals surface area contributed by atoms with Crippen LogP contribution in [0.1, 0.15) is 11.5 Å². The molecule has 0 aliphatic heterocycles. The van der Waals surface area contributed by atoms with Crippen molar-refractivity contribution < 1.29 is 9.21 Å². The molecule has 0 bridgehead atoms. The molecule has 2 heterocycles. The highest BCUT2D eigenvalue weighted by molar-refractivity contribution is 6.09. The Morgan fingerprint density at radius 2 is 1.96 bits per heavy atom. The summed E-state index contributed by atoms with van der Waals surface area (Å²) in [4.78, 5) is 25.2. The second-order valence-electron chi connectivity index (χ2n) is 5.58. The molecule has 0 aliphatic rings. The van der Waals surface area contributed by atoms with Crippen LogP contribution in [0.3, 0.4) is 0 Å². The molecule has 0 fully saturated rings. The van der Waals surface area contributed by atoms with Gasteiger partial charge in [0.15, 0.2) is 0 Å². The van der Waals surface area contributed by atoms with Crippen molar-refractivity contribution >= 4 is 17.7 Å². The molecule has 1 amide bonds. The van der Waals surface area contributed by atoms with Gasteiger partial charge in [0, 0.05) is 13.1 Å². The fraction of sp³-hybridized carbons (Fsp3) is 0.105. The number of furan rings is 1. The van der Waals surface area contributed by atoms with Gasteiger partial charge in [-0.1, -0.05) is 18.2 Å². The number of aromatic nitrogens is 2. The first kappa shape index (κ1) is 17.0. The summed E-state index contributed by atoms with van der Waals surface area (Å²) in [6.45, 7) is 1.72. The molecule has 0 saturated heterocycles. The van der Waals surface area contributed by atoms with Crippen LogP contribution in [-0.4, -0.2) is 15.3 Å². The third kappa shape index (κ3) is 3.08. The van der Waals surface area contributed by atoms with Gasteiger partial charge in [0.05, 0.1) is 17.6 Å². The van der Waals surface area contributed by atoms with E-state index in [-0.39, 0.29) is 16.8 Å². The maximum Gasteiger partial charge on any atom is 0.295 e. The minimum atomic E-state index is -0.671. The van der Waals surface area contributed by atoms with Gasteiger partial charge in [-0.3, -0.25) is 14.3 Å². The Kier molecular flexibility index (Phi) is 4.58. The van der Waals surface area contributed by atoms with Gasteiger partial charge in [0.25, 0.3) is 11.5 Å². The summed E-state index contributed by atoms with van der Waals surface area (Å²) in [5.74, 6) is -0.293. The molecule has 3 rings (SSSR count). The van der Waals surface area contributed by atoms with E-state index in [9.17, 15) is 14.9 Å². The number of anilines is 1. The molecular weight excluding hydrogens is 332 g/mol. The van der Waals surface area contributed by atoms with Gasteiger partial charge in [-0.2, -0.15) is 5.26 Å². The lowest BCUT2D eigenvalue weighted by molar-refractivity contribution is -0.112. The standard InChI is InChI=1S/C19H16N4O3/c1-13-17(19(25)23(22(13)2)15-7-4-3-5-8-15)21-18(24)14(12-20)11-16-9-6-10-26-16/h3-11H,1-2H3,(H,21,24)/b14-11-. The number of amides is 1. The Balaban J connectivity index is 1.97. The molecule has 7 heteroatoms. The molecule has 2 aromatic heterocycles. The van der Waals surface area contributed by atoms with E-state index in [0.717, 1.165) is 0 Å². The number of para-hydroxylation sites is 1. The van der Waals surface area contributed by atoms with Gasteiger partial charge in [-0.15, -0.1) is 0 Å². The van der Waals surface area contributed by atoms with Crippen LogP contribution in [0.25, 0.3) is 11.8 Å². The van der Waals surface area contributed by atoms with Gasteiger partial charge in [0.1, 0.15) is 23.1 Å². The summed E-state index contributed by atoms with van der Waals surface area (Å²) in [6.07, 6.45) is 2.77. The van der Waals surface area contributed by atoms with Crippen molar-refractivity contribution in [1.82, 2.24) is 9.36 Å². The van der Waals surface area contributed by atoms with Crippen LogP contribution in [-0.2, 0) is 11.8 Å². The predicted molar refractivity (Wildman–Crippen MR) is 96.7 cm³/mol. The summed E-state index contributed by atoms with van der Waals surface area (Å²) in [6, 6.07) is 14.2. The molecule has 0 saturated carbocycles. The molecular formula is C19H16N4O3. The van der Waals surface area contributed by atoms with E-state index in [1.807, 2.05) is 24.3 Å². The Morgan fingerprint density at radius 3 is 2.58 bits per heavy atom. The Bertz CT molecular complexity index is 1060. The highest BCUT2D eigenvalue weighted by atomic mass is 16.3. The highest BCUT2D eigenvalue weighted by Gasteiger charge is 2.20. The largest absolute Gasteiger partial charge is 0.465 e. The zero-order valence-electron chi connectivity index (χ0n) is 14.3. The Labute approximate surface area is 149 Å². The smallest absolute Gasteiger partial charge is 0.295 e. The molecule has 0 aliphatic carbocycles. The van der Waals surface area contributed by atoms with Gasteiger partial charge in [-0.25, -0.2) is 4.68 Å². The maximum atomic E-state index is 12.8. The molecule has 0 atom stereocenters. The molecule has 0 radical (unpaired) electrons. The van der Waals surface area contributed by atoms with Crippen LogP contribution in [0.5, 0.6) is 0 Å². The first-order valence-corrected chi connectivity index (χ1v) is 7.83. The van der Waals surface area contributed by atoms with Crippen LogP contribution in [0.15, 0.2) is 63.5 Å². The third-order valence-corrected chi connectivity index (χ3v) is 3.99. The van der Waals surface area contributed by atoms with Crippen LogP contribution in [0.2, 0.25) is 0 Å². The minimum Gasteiger partial charge on any atom is -0.465 e. The lowest BCUT2D eigenvalue weighted by Gasteiger charge is -2.07. The molecule has 0 unspecified atom stereocenters. The van der Waals surface area contributed by atoms with Crippen LogP contribution in [0.4, 0.5) is 5.69 Å². The molecule has 130 valence electrons. The summed E-state index contributed by atoms with van der Waals surface area (Å²) in [7, 11) is 1.73. The molecule has 3 aromatic rings. The van der Waals surface area contributed by atoms with Gasteiger partial charge in [0.2, 0.25) is 0 Å². The van der Waals surface area contributed by atoms with E-state index in [4.69, 9.17) is 4.42 Å². The Morgan fingerprint density at radius 1 is 1.23 bits per heavy atom. The number of carbonyl (C=O) groups excluding carboxylic acids is 1. The van der Waals surface area contributed by atoms with E-state index < -0.39 is 5.91 Å². The second-order valence-corrected chi connectivity index (χ2v) is 5.58. The molecule has 26 heavy (non-hydrogen) atoms. The van der Waals surface area contributed by atoms with E-state index in [2.05, 4.69) is 5.32 Å². The van der Waals surface area contributed by atoms with E-state index >= 15 is 0 Å². The van der Waals surface area contributed by atoms with Crippen molar-refractivity contribution in [2.75, 3.05) is 5.32 Å². The normalized spacial score (nSPS) is 11.2. The number of nitrogens with one attached hydrogen (secondary N) is 1. The number of rotatable bonds is 4. The van der Waals surface area contributed by atoms with Crippen molar-refractivity contribution in [2.45, 2.75) is 6.92 Å². The lowest BCUT2D eigenvalue weighted by Crippen LogP contribution is -2.23. The average molecular weight is 348 g/mol. The van der Waals surface area contributed by atoms with Crippen LogP contribution >= 0.6 is 0 Å². The summed E-state index contributed by atoms with van der Waals surface area (Å²) >= 11 is 0. The minimum absolute atomic E-state index is 0.127. The summed E-state index contributed by atoms with van der Waals surface area (Å²) in [5, 5.41) is 11.8. The van der Waals surface area contributed by atoms with Crippen molar-refractivity contribution in [3.05, 3.63) is 76.1 Å².